The number of β-amino-alcohol motifs (C(OH)–C–C–N with tert-alkyl or cyclic N) is 1. The molecular weight excluding hydrogens is 490 g/mol. The minimum Gasteiger partial charge on any atom is -0.497 e. The fourth-order valence-electron chi connectivity index (χ4n) is 5.25. The first-order valence-corrected chi connectivity index (χ1v) is 13.3. The van der Waals surface area contributed by atoms with E-state index in [4.69, 9.17) is 26.4 Å². The van der Waals surface area contributed by atoms with Crippen molar-refractivity contribution in [2.24, 2.45) is 0 Å². The standard InChI is InChI=1S/C28H39N3O5S/c1-34-23-6-4-20(5-7-23)21-8-12-30(13-9-21)19-26(32)28(33)10-14-31(15-11-28)27(37)29-22-16-24(35-2)18-25(17-22)36-3/h4-7,16-18,21,26,32-33H,8-15,19H2,1-3H3,(H,29,37). The normalized spacial score (nSPS) is 19.2. The van der Waals surface area contributed by atoms with E-state index in [1.54, 1.807) is 27.4 Å². The number of piperidine rings is 2. The highest BCUT2D eigenvalue weighted by Gasteiger charge is 2.40. The van der Waals surface area contributed by atoms with Crippen LogP contribution in [0.15, 0.2) is 42.5 Å². The fraction of sp³-hybridized carbons (Fsp3) is 0.536. The Kier molecular flexibility index (Phi) is 9.13. The lowest BCUT2D eigenvalue weighted by molar-refractivity contribution is -0.112. The molecule has 8 nitrogen and oxygen atoms in total. The Bertz CT molecular complexity index is 1010. The number of nitrogens with zero attached hydrogens (tertiary/aromatic N) is 2. The first kappa shape index (κ1) is 27.4. The lowest BCUT2D eigenvalue weighted by atomic mass is 9.84. The van der Waals surface area contributed by atoms with E-state index in [1.165, 1.54) is 5.56 Å². The molecule has 0 aromatic heterocycles. The molecule has 37 heavy (non-hydrogen) atoms. The number of aliphatic hydroxyl groups is 2. The Balaban J connectivity index is 1.24. The number of hydrogen-bond acceptors (Lipinski definition) is 7. The zero-order chi connectivity index (χ0) is 26.4. The first-order chi connectivity index (χ1) is 17.8. The summed E-state index contributed by atoms with van der Waals surface area (Å²) in [6.07, 6.45) is 2.20. The monoisotopic (exact) mass is 529 g/mol. The number of rotatable bonds is 8. The number of hydrogen-bond donors (Lipinski definition) is 3. The quantitative estimate of drug-likeness (QED) is 0.445. The van der Waals surface area contributed by atoms with Crippen LogP contribution in [0.5, 0.6) is 17.2 Å². The number of likely N-dealkylation sites (tertiary alicyclic amines) is 2. The van der Waals surface area contributed by atoms with Crippen LogP contribution >= 0.6 is 12.2 Å². The van der Waals surface area contributed by atoms with Crippen molar-refractivity contribution in [2.45, 2.75) is 43.3 Å². The average Bonchev–Trinajstić information content (AvgIpc) is 2.93. The molecule has 0 amide bonds. The number of aliphatic hydroxyl groups excluding tert-OH is 1. The highest BCUT2D eigenvalue weighted by Crippen LogP contribution is 2.32. The van der Waals surface area contributed by atoms with Gasteiger partial charge in [-0.2, -0.15) is 0 Å². The van der Waals surface area contributed by atoms with Crippen LogP contribution in [0, 0.1) is 0 Å². The van der Waals surface area contributed by atoms with Crippen LogP contribution in [0.1, 0.15) is 37.2 Å². The number of benzene rings is 2. The Morgan fingerprint density at radius 2 is 1.51 bits per heavy atom. The van der Waals surface area contributed by atoms with E-state index in [2.05, 4.69) is 22.3 Å². The predicted molar refractivity (Wildman–Crippen MR) is 149 cm³/mol. The van der Waals surface area contributed by atoms with Gasteiger partial charge in [0, 0.05) is 43.5 Å². The summed E-state index contributed by atoms with van der Waals surface area (Å²) in [6.45, 7) is 3.44. The molecule has 1 atom stereocenters. The maximum Gasteiger partial charge on any atom is 0.173 e. The van der Waals surface area contributed by atoms with Gasteiger partial charge in [0.1, 0.15) is 17.2 Å². The SMILES string of the molecule is COc1ccc(C2CCN(CC(O)C3(O)CCN(C(=S)Nc4cc(OC)cc(OC)c4)CC3)CC2)cc1. The molecular formula is C28H39N3O5S. The molecule has 0 saturated carbocycles. The van der Waals surface area contributed by atoms with Crippen molar-refractivity contribution in [2.75, 3.05) is 59.4 Å². The Labute approximate surface area is 225 Å². The van der Waals surface area contributed by atoms with Crippen LogP contribution in [0.3, 0.4) is 0 Å². The molecule has 0 aliphatic carbocycles. The van der Waals surface area contributed by atoms with Crippen molar-refractivity contribution < 1.29 is 24.4 Å². The molecule has 0 radical (unpaired) electrons. The lowest BCUT2D eigenvalue weighted by Gasteiger charge is -2.43. The third kappa shape index (κ3) is 6.84. The first-order valence-electron chi connectivity index (χ1n) is 12.9. The predicted octanol–water partition coefficient (Wildman–Crippen LogP) is 3.48. The van der Waals surface area contributed by atoms with Gasteiger partial charge in [-0.3, -0.25) is 0 Å². The van der Waals surface area contributed by atoms with Gasteiger partial charge in [-0.1, -0.05) is 12.1 Å². The van der Waals surface area contributed by atoms with Gasteiger partial charge >= 0.3 is 0 Å². The summed E-state index contributed by atoms with van der Waals surface area (Å²) in [5, 5.41) is 26.1. The molecule has 2 aromatic rings. The minimum atomic E-state index is -1.11. The average molecular weight is 530 g/mol. The molecule has 0 bridgehead atoms. The number of nitrogens with one attached hydrogen (secondary N) is 1. The Hall–Kier alpha value is -2.59. The third-order valence-electron chi connectivity index (χ3n) is 7.75. The second-order valence-electron chi connectivity index (χ2n) is 9.99. The minimum absolute atomic E-state index is 0.458. The summed E-state index contributed by atoms with van der Waals surface area (Å²) in [6, 6.07) is 13.8. The van der Waals surface area contributed by atoms with Crippen molar-refractivity contribution >= 4 is 23.0 Å². The van der Waals surface area contributed by atoms with E-state index in [-0.39, 0.29) is 0 Å². The number of ether oxygens (including phenoxy) is 3. The molecule has 2 aliphatic heterocycles. The zero-order valence-electron chi connectivity index (χ0n) is 22.0. The largest absolute Gasteiger partial charge is 0.497 e. The fourth-order valence-corrected chi connectivity index (χ4v) is 5.55. The molecule has 9 heteroatoms. The van der Waals surface area contributed by atoms with Gasteiger partial charge in [-0.25, -0.2) is 0 Å². The molecule has 2 aliphatic rings. The van der Waals surface area contributed by atoms with Crippen LogP contribution < -0.4 is 19.5 Å². The molecule has 0 spiro atoms. The molecule has 3 N–H and O–H groups in total. The second-order valence-corrected chi connectivity index (χ2v) is 10.4. The van der Waals surface area contributed by atoms with E-state index in [0.717, 1.165) is 37.4 Å². The molecule has 2 aromatic carbocycles. The molecule has 2 saturated heterocycles. The molecule has 202 valence electrons. The van der Waals surface area contributed by atoms with E-state index >= 15 is 0 Å². The summed E-state index contributed by atoms with van der Waals surface area (Å²) in [7, 11) is 4.90. The lowest BCUT2D eigenvalue weighted by Crippen LogP contribution is -2.56. The molecule has 2 heterocycles. The molecule has 4 rings (SSSR count). The van der Waals surface area contributed by atoms with Crippen LogP contribution in [-0.2, 0) is 0 Å². The van der Waals surface area contributed by atoms with E-state index in [1.807, 2.05) is 29.2 Å². The van der Waals surface area contributed by atoms with Gasteiger partial charge in [-0.15, -0.1) is 0 Å². The maximum atomic E-state index is 11.3. The number of anilines is 1. The summed E-state index contributed by atoms with van der Waals surface area (Å²) in [5.74, 6) is 2.74. The van der Waals surface area contributed by atoms with Crippen LogP contribution in [0.4, 0.5) is 5.69 Å². The molecule has 2 fully saturated rings. The number of methoxy groups -OCH3 is 3. The topological polar surface area (TPSA) is 86.7 Å². The summed E-state index contributed by atoms with van der Waals surface area (Å²) in [5.41, 5.74) is 1.00. The molecule has 1 unspecified atom stereocenters. The third-order valence-corrected chi connectivity index (χ3v) is 8.11. The van der Waals surface area contributed by atoms with E-state index in [9.17, 15) is 10.2 Å². The Morgan fingerprint density at radius 1 is 0.946 bits per heavy atom. The Morgan fingerprint density at radius 3 is 2.05 bits per heavy atom. The van der Waals surface area contributed by atoms with Gasteiger partial charge < -0.3 is 39.5 Å². The second kappa shape index (κ2) is 12.3. The zero-order valence-corrected chi connectivity index (χ0v) is 22.8. The summed E-state index contributed by atoms with van der Waals surface area (Å²) >= 11 is 5.63. The van der Waals surface area contributed by atoms with Crippen molar-refractivity contribution in [1.29, 1.82) is 0 Å². The van der Waals surface area contributed by atoms with Gasteiger partial charge in [0.05, 0.1) is 33.0 Å². The summed E-state index contributed by atoms with van der Waals surface area (Å²) in [4.78, 5) is 4.31. The highest BCUT2D eigenvalue weighted by atomic mass is 32.1. The van der Waals surface area contributed by atoms with Crippen molar-refractivity contribution in [3.63, 3.8) is 0 Å². The van der Waals surface area contributed by atoms with Crippen molar-refractivity contribution in [3.05, 3.63) is 48.0 Å². The smallest absolute Gasteiger partial charge is 0.173 e. The van der Waals surface area contributed by atoms with Gasteiger partial charge in [0.25, 0.3) is 0 Å². The van der Waals surface area contributed by atoms with Crippen LogP contribution in [-0.4, -0.2) is 90.9 Å². The van der Waals surface area contributed by atoms with E-state index in [0.29, 0.717) is 55.0 Å². The van der Waals surface area contributed by atoms with Crippen molar-refractivity contribution in [3.8, 4) is 17.2 Å². The number of thiocarbonyl (C=S) groups is 1. The summed E-state index contributed by atoms with van der Waals surface area (Å²) < 4.78 is 15.9. The van der Waals surface area contributed by atoms with E-state index < -0.39 is 11.7 Å². The van der Waals surface area contributed by atoms with Gasteiger partial charge in [0.15, 0.2) is 5.11 Å². The van der Waals surface area contributed by atoms with Crippen LogP contribution in [0.25, 0.3) is 0 Å². The van der Waals surface area contributed by atoms with Gasteiger partial charge in [-0.05, 0) is 74.6 Å². The van der Waals surface area contributed by atoms with Gasteiger partial charge in [0.2, 0.25) is 0 Å². The van der Waals surface area contributed by atoms with Crippen molar-refractivity contribution in [1.82, 2.24) is 9.80 Å². The highest BCUT2D eigenvalue weighted by molar-refractivity contribution is 7.80. The van der Waals surface area contributed by atoms with Crippen LogP contribution in [0.2, 0.25) is 0 Å². The maximum absolute atomic E-state index is 11.3.